The molecule has 1 N–H and O–H groups in total. The molecule has 0 saturated carbocycles. The molecular weight excluding hydrogens is 242 g/mol. The van der Waals surface area contributed by atoms with Crippen molar-refractivity contribution in [3.05, 3.63) is 41.6 Å². The van der Waals surface area contributed by atoms with Crippen LogP contribution in [-0.4, -0.2) is 20.9 Å². The molecule has 1 heterocycles. The Morgan fingerprint density at radius 1 is 1.39 bits per heavy atom. The molecule has 0 aliphatic carbocycles. The Hall–Kier alpha value is -2.24. The molecule has 0 spiro atoms. The number of aliphatic carboxylic acids is 1. The Bertz CT molecular complexity index is 608. The largest absolute Gasteiger partial charge is 0.481 e. The number of carboxylic acid groups (broad SMARTS) is 1. The lowest BCUT2D eigenvalue weighted by Crippen LogP contribution is -2.05. The molecular formula is C12H10F2N2O2. The van der Waals surface area contributed by atoms with Crippen LogP contribution in [0.1, 0.15) is 5.69 Å². The van der Waals surface area contributed by atoms with Crippen molar-refractivity contribution in [2.75, 3.05) is 0 Å². The van der Waals surface area contributed by atoms with Gasteiger partial charge >= 0.3 is 5.97 Å². The highest BCUT2D eigenvalue weighted by Crippen LogP contribution is 2.23. The lowest BCUT2D eigenvalue weighted by molar-refractivity contribution is -0.136. The van der Waals surface area contributed by atoms with E-state index in [0.29, 0.717) is 5.69 Å². The van der Waals surface area contributed by atoms with Gasteiger partial charge in [-0.05, 0) is 18.2 Å². The molecule has 6 heteroatoms. The van der Waals surface area contributed by atoms with Crippen LogP contribution < -0.4 is 0 Å². The minimum absolute atomic E-state index is 0.142. The molecule has 18 heavy (non-hydrogen) atoms. The topological polar surface area (TPSA) is 55.1 Å². The molecule has 2 aromatic rings. The summed E-state index contributed by atoms with van der Waals surface area (Å²) in [6.45, 7) is 0. The van der Waals surface area contributed by atoms with Crippen LogP contribution >= 0.6 is 0 Å². The summed E-state index contributed by atoms with van der Waals surface area (Å²) >= 11 is 0. The van der Waals surface area contributed by atoms with Gasteiger partial charge in [0.2, 0.25) is 0 Å². The van der Waals surface area contributed by atoms with Gasteiger partial charge in [-0.15, -0.1) is 0 Å². The number of aryl methyl sites for hydroxylation is 1. The van der Waals surface area contributed by atoms with E-state index < -0.39 is 17.6 Å². The first-order valence-corrected chi connectivity index (χ1v) is 5.17. The molecule has 0 bridgehead atoms. The minimum Gasteiger partial charge on any atom is -0.481 e. The first-order valence-electron chi connectivity index (χ1n) is 5.17. The van der Waals surface area contributed by atoms with Gasteiger partial charge < -0.3 is 5.11 Å². The smallest absolute Gasteiger partial charge is 0.309 e. The van der Waals surface area contributed by atoms with Gasteiger partial charge in [0.15, 0.2) is 0 Å². The number of hydrogen-bond acceptors (Lipinski definition) is 2. The van der Waals surface area contributed by atoms with Crippen molar-refractivity contribution in [2.24, 2.45) is 7.05 Å². The van der Waals surface area contributed by atoms with Crippen LogP contribution in [0.25, 0.3) is 11.3 Å². The van der Waals surface area contributed by atoms with E-state index in [4.69, 9.17) is 5.11 Å². The number of hydrogen-bond donors (Lipinski definition) is 1. The van der Waals surface area contributed by atoms with E-state index in [-0.39, 0.29) is 17.7 Å². The van der Waals surface area contributed by atoms with E-state index in [0.717, 1.165) is 12.1 Å². The minimum atomic E-state index is -0.996. The summed E-state index contributed by atoms with van der Waals surface area (Å²) in [7, 11) is 1.57. The second-order valence-corrected chi connectivity index (χ2v) is 3.84. The molecule has 1 aromatic heterocycles. The van der Waals surface area contributed by atoms with E-state index in [2.05, 4.69) is 5.10 Å². The second kappa shape index (κ2) is 4.56. The third-order valence-corrected chi connectivity index (χ3v) is 2.52. The summed E-state index contributed by atoms with van der Waals surface area (Å²) in [5, 5.41) is 12.7. The Morgan fingerprint density at radius 2 is 2.11 bits per heavy atom. The lowest BCUT2D eigenvalue weighted by Gasteiger charge is -1.98. The van der Waals surface area contributed by atoms with Crippen molar-refractivity contribution in [2.45, 2.75) is 6.42 Å². The molecule has 0 atom stereocenters. The predicted molar refractivity (Wildman–Crippen MR) is 59.9 cm³/mol. The van der Waals surface area contributed by atoms with Crippen molar-refractivity contribution < 1.29 is 18.7 Å². The highest BCUT2D eigenvalue weighted by molar-refractivity contribution is 5.70. The molecule has 0 amide bonds. The predicted octanol–water partition coefficient (Wildman–Crippen LogP) is 1.99. The van der Waals surface area contributed by atoms with Crippen LogP contribution in [0, 0.1) is 11.6 Å². The fraction of sp³-hybridized carbons (Fsp3) is 0.167. The number of nitrogens with zero attached hydrogens (tertiary/aromatic N) is 2. The monoisotopic (exact) mass is 252 g/mol. The van der Waals surface area contributed by atoms with Crippen molar-refractivity contribution in [3.8, 4) is 11.3 Å². The van der Waals surface area contributed by atoms with E-state index in [9.17, 15) is 13.6 Å². The fourth-order valence-electron chi connectivity index (χ4n) is 1.66. The Morgan fingerprint density at radius 3 is 2.72 bits per heavy atom. The lowest BCUT2D eigenvalue weighted by atomic mass is 10.1. The summed E-state index contributed by atoms with van der Waals surface area (Å²) in [5.74, 6) is -2.39. The van der Waals surface area contributed by atoms with Crippen LogP contribution in [0.5, 0.6) is 0 Å². The van der Waals surface area contributed by atoms with Crippen LogP contribution in [0.4, 0.5) is 8.78 Å². The van der Waals surface area contributed by atoms with E-state index in [1.807, 2.05) is 0 Å². The SMILES string of the molecule is Cn1nc(-c2ccc(F)cc2F)cc1CC(=O)O. The maximum Gasteiger partial charge on any atom is 0.309 e. The number of aromatic nitrogens is 2. The molecule has 94 valence electrons. The molecule has 4 nitrogen and oxygen atoms in total. The van der Waals surface area contributed by atoms with Crippen LogP contribution in [-0.2, 0) is 18.3 Å². The van der Waals surface area contributed by atoms with Gasteiger partial charge in [-0.3, -0.25) is 9.48 Å². The number of rotatable bonds is 3. The average molecular weight is 252 g/mol. The molecule has 0 unspecified atom stereocenters. The van der Waals surface area contributed by atoms with Gasteiger partial charge in [-0.1, -0.05) is 0 Å². The Kier molecular flexibility index (Phi) is 3.10. The Labute approximate surface area is 101 Å². The number of carboxylic acids is 1. The Balaban J connectivity index is 2.42. The van der Waals surface area contributed by atoms with E-state index in [1.165, 1.54) is 16.8 Å². The number of carbonyl (C=O) groups is 1. The van der Waals surface area contributed by atoms with Crippen LogP contribution in [0.15, 0.2) is 24.3 Å². The zero-order valence-electron chi connectivity index (χ0n) is 9.52. The standard InChI is InChI=1S/C12H10F2N2O2/c1-16-8(6-12(17)18)5-11(15-16)9-3-2-7(13)4-10(9)14/h2-5H,6H2,1H3,(H,17,18). The molecule has 1 aromatic carbocycles. The quantitative estimate of drug-likeness (QED) is 0.908. The van der Waals surface area contributed by atoms with Gasteiger partial charge in [-0.25, -0.2) is 8.78 Å². The zero-order valence-corrected chi connectivity index (χ0v) is 9.52. The van der Waals surface area contributed by atoms with E-state index in [1.54, 1.807) is 7.05 Å². The fourth-order valence-corrected chi connectivity index (χ4v) is 1.66. The normalized spacial score (nSPS) is 10.6. The first kappa shape index (κ1) is 12.2. The highest BCUT2D eigenvalue weighted by atomic mass is 19.1. The van der Waals surface area contributed by atoms with Crippen molar-refractivity contribution in [1.82, 2.24) is 9.78 Å². The molecule has 0 aliphatic heterocycles. The van der Waals surface area contributed by atoms with Crippen molar-refractivity contribution >= 4 is 5.97 Å². The van der Waals surface area contributed by atoms with Crippen LogP contribution in [0.3, 0.4) is 0 Å². The molecule has 0 saturated heterocycles. The second-order valence-electron chi connectivity index (χ2n) is 3.84. The van der Waals surface area contributed by atoms with Gasteiger partial charge in [0, 0.05) is 24.4 Å². The molecule has 0 fully saturated rings. The summed E-state index contributed by atoms with van der Waals surface area (Å²) in [5.41, 5.74) is 0.871. The first-order chi connectivity index (χ1) is 8.47. The highest BCUT2D eigenvalue weighted by Gasteiger charge is 2.13. The maximum absolute atomic E-state index is 13.5. The average Bonchev–Trinajstić information content (AvgIpc) is 2.59. The van der Waals surface area contributed by atoms with E-state index >= 15 is 0 Å². The summed E-state index contributed by atoms with van der Waals surface area (Å²) in [6, 6.07) is 4.65. The summed E-state index contributed by atoms with van der Waals surface area (Å²) in [4.78, 5) is 10.6. The van der Waals surface area contributed by atoms with Crippen molar-refractivity contribution in [1.29, 1.82) is 0 Å². The third-order valence-electron chi connectivity index (χ3n) is 2.52. The summed E-state index contributed by atoms with van der Waals surface area (Å²) in [6.07, 6.45) is -0.202. The van der Waals surface area contributed by atoms with Gasteiger partial charge in [0.25, 0.3) is 0 Å². The zero-order chi connectivity index (χ0) is 13.3. The number of halogens is 2. The molecule has 2 rings (SSSR count). The summed E-state index contributed by atoms with van der Waals surface area (Å²) < 4.78 is 27.7. The van der Waals surface area contributed by atoms with Crippen molar-refractivity contribution in [3.63, 3.8) is 0 Å². The third kappa shape index (κ3) is 2.37. The number of benzene rings is 1. The van der Waals surface area contributed by atoms with Gasteiger partial charge in [-0.2, -0.15) is 5.10 Å². The van der Waals surface area contributed by atoms with Gasteiger partial charge in [0.05, 0.1) is 12.1 Å². The van der Waals surface area contributed by atoms with Gasteiger partial charge in [0.1, 0.15) is 11.6 Å². The van der Waals surface area contributed by atoms with Crippen LogP contribution in [0.2, 0.25) is 0 Å². The molecule has 0 aliphatic rings. The molecule has 0 radical (unpaired) electrons. The maximum atomic E-state index is 13.5.